The van der Waals surface area contributed by atoms with E-state index in [9.17, 15) is 4.79 Å². The van der Waals surface area contributed by atoms with Crippen LogP contribution in [0.1, 0.15) is 28.1 Å². The molecule has 2 aromatic heterocycles. The van der Waals surface area contributed by atoms with Crippen molar-refractivity contribution in [1.29, 1.82) is 0 Å². The minimum absolute atomic E-state index is 0. The lowest BCUT2D eigenvalue weighted by Gasteiger charge is -2.22. The van der Waals surface area contributed by atoms with Crippen LogP contribution in [0.4, 0.5) is 10.8 Å². The first-order chi connectivity index (χ1) is 12.2. The fourth-order valence-corrected chi connectivity index (χ4v) is 5.30. The third-order valence-corrected chi connectivity index (χ3v) is 6.66. The monoisotopic (exact) mass is 444 g/mol. The fraction of sp³-hybridized carbons (Fsp3) is 0.333. The van der Waals surface area contributed by atoms with E-state index in [-0.39, 0.29) is 36.8 Å². The number of nitrogens with one attached hydrogen (secondary N) is 1. The molecule has 1 aliphatic rings. The van der Waals surface area contributed by atoms with E-state index < -0.39 is 0 Å². The molecule has 1 aliphatic heterocycles. The van der Waals surface area contributed by atoms with Crippen LogP contribution in [0.2, 0.25) is 0 Å². The number of nitrogens with two attached hydrogens (primary N) is 1. The molecule has 146 valence electrons. The second-order valence-electron chi connectivity index (χ2n) is 6.27. The summed E-state index contributed by atoms with van der Waals surface area (Å²) in [6.07, 6.45) is 2.04. The van der Waals surface area contributed by atoms with Gasteiger partial charge in [0.1, 0.15) is 4.83 Å². The molecule has 3 aromatic rings. The molecular formula is C18H22Cl2N4OS2. The van der Waals surface area contributed by atoms with E-state index in [2.05, 4.69) is 23.3 Å². The van der Waals surface area contributed by atoms with Gasteiger partial charge in [0.25, 0.3) is 5.91 Å². The number of amides is 1. The summed E-state index contributed by atoms with van der Waals surface area (Å²) < 4.78 is 1.05. The number of nitrogens with zero attached hydrogens (tertiary/aromatic N) is 2. The first-order valence-electron chi connectivity index (χ1n) is 8.40. The number of benzene rings is 1. The number of thiazole rings is 1. The number of anilines is 2. The molecule has 3 N–H and O–H groups in total. The molecule has 5 nitrogen and oxygen atoms in total. The number of fused-ring (bicyclic) bond motifs is 1. The molecule has 9 heteroatoms. The highest BCUT2D eigenvalue weighted by Gasteiger charge is 2.29. The van der Waals surface area contributed by atoms with Gasteiger partial charge in [-0.2, -0.15) is 0 Å². The second kappa shape index (κ2) is 9.21. The van der Waals surface area contributed by atoms with Crippen molar-refractivity contribution < 1.29 is 4.79 Å². The average Bonchev–Trinajstić information content (AvgIpc) is 3.30. The molecule has 1 amide bonds. The molecule has 1 unspecified atom stereocenters. The summed E-state index contributed by atoms with van der Waals surface area (Å²) in [5.74, 6) is 0.0940. The molecule has 1 saturated heterocycles. The van der Waals surface area contributed by atoms with Crippen LogP contribution >= 0.6 is 47.5 Å². The van der Waals surface area contributed by atoms with Gasteiger partial charge in [0.15, 0.2) is 5.13 Å². The normalized spacial score (nSPS) is 16.1. The van der Waals surface area contributed by atoms with Gasteiger partial charge in [0.05, 0.1) is 9.58 Å². The smallest absolute Gasteiger partial charge is 0.264 e. The number of carbonyl (C=O) groups is 1. The topological polar surface area (TPSA) is 71.2 Å². The van der Waals surface area contributed by atoms with Crippen LogP contribution in [-0.2, 0) is 0 Å². The Morgan fingerprint density at radius 1 is 1.33 bits per heavy atom. The van der Waals surface area contributed by atoms with Crippen LogP contribution in [-0.4, -0.2) is 34.9 Å². The predicted octanol–water partition coefficient (Wildman–Crippen LogP) is 4.82. The average molecular weight is 445 g/mol. The standard InChI is InChI=1S/C18H20N4OS2.2ClH/c1-11-5-2-3-7-13(11)20-18-21-16-14(25-18)9-15(24-16)17(23)22-8-4-6-12(22)10-19;;/h2-3,5,7,9,12H,4,6,8,10,19H2,1H3,(H,20,21);2*1H. The van der Waals surface area contributed by atoms with Gasteiger partial charge in [-0.25, -0.2) is 4.98 Å². The molecular weight excluding hydrogens is 423 g/mol. The van der Waals surface area contributed by atoms with Gasteiger partial charge in [-0.1, -0.05) is 29.5 Å². The minimum Gasteiger partial charge on any atom is -0.334 e. The Morgan fingerprint density at radius 2 is 2.11 bits per heavy atom. The molecule has 1 atom stereocenters. The van der Waals surface area contributed by atoms with Crippen LogP contribution in [0.15, 0.2) is 30.3 Å². The lowest BCUT2D eigenvalue weighted by Crippen LogP contribution is -2.39. The summed E-state index contributed by atoms with van der Waals surface area (Å²) in [4.78, 5) is 21.0. The molecule has 3 heterocycles. The third-order valence-electron chi connectivity index (χ3n) is 4.60. The first kappa shape index (κ1) is 21.9. The molecule has 0 radical (unpaired) electrons. The Balaban J connectivity index is 0.00000131. The number of hydrogen-bond donors (Lipinski definition) is 2. The van der Waals surface area contributed by atoms with Crippen molar-refractivity contribution in [2.45, 2.75) is 25.8 Å². The number of halogens is 2. The van der Waals surface area contributed by atoms with Crippen molar-refractivity contribution in [1.82, 2.24) is 9.88 Å². The number of aryl methyl sites for hydroxylation is 1. The second-order valence-corrected chi connectivity index (χ2v) is 8.33. The highest BCUT2D eigenvalue weighted by Crippen LogP contribution is 2.35. The van der Waals surface area contributed by atoms with E-state index in [4.69, 9.17) is 5.73 Å². The first-order valence-corrected chi connectivity index (χ1v) is 10.0. The summed E-state index contributed by atoms with van der Waals surface area (Å²) in [6, 6.07) is 10.3. The van der Waals surface area contributed by atoms with E-state index in [1.165, 1.54) is 16.9 Å². The predicted molar refractivity (Wildman–Crippen MR) is 120 cm³/mol. The number of para-hydroxylation sites is 1. The molecule has 0 aliphatic carbocycles. The van der Waals surface area contributed by atoms with Crippen LogP contribution in [0.25, 0.3) is 9.53 Å². The van der Waals surface area contributed by atoms with Crippen LogP contribution in [0.3, 0.4) is 0 Å². The van der Waals surface area contributed by atoms with Crippen LogP contribution < -0.4 is 11.1 Å². The fourth-order valence-electron chi connectivity index (χ4n) is 3.21. The number of rotatable bonds is 4. The van der Waals surface area contributed by atoms with Gasteiger partial charge in [0, 0.05) is 24.8 Å². The van der Waals surface area contributed by atoms with Crippen molar-refractivity contribution >= 4 is 73.7 Å². The van der Waals surface area contributed by atoms with Crippen molar-refractivity contribution in [3.63, 3.8) is 0 Å². The Hall–Kier alpha value is -1.38. The maximum absolute atomic E-state index is 12.7. The number of carbonyl (C=O) groups excluding carboxylic acids is 1. The summed E-state index contributed by atoms with van der Waals surface area (Å²) in [7, 11) is 0. The zero-order chi connectivity index (χ0) is 17.4. The maximum Gasteiger partial charge on any atom is 0.264 e. The maximum atomic E-state index is 12.7. The van der Waals surface area contributed by atoms with Gasteiger partial charge >= 0.3 is 0 Å². The zero-order valence-corrected chi connectivity index (χ0v) is 18.1. The van der Waals surface area contributed by atoms with Crippen molar-refractivity contribution in [2.75, 3.05) is 18.4 Å². The summed E-state index contributed by atoms with van der Waals surface area (Å²) >= 11 is 3.05. The molecule has 0 saturated carbocycles. The van der Waals surface area contributed by atoms with Gasteiger partial charge in [0.2, 0.25) is 0 Å². The quantitative estimate of drug-likeness (QED) is 0.604. The number of hydrogen-bond acceptors (Lipinski definition) is 6. The molecule has 0 spiro atoms. The van der Waals surface area contributed by atoms with E-state index in [0.29, 0.717) is 6.54 Å². The third kappa shape index (κ3) is 4.38. The highest BCUT2D eigenvalue weighted by molar-refractivity contribution is 7.29. The highest BCUT2D eigenvalue weighted by atomic mass is 35.5. The molecule has 4 rings (SSSR count). The largest absolute Gasteiger partial charge is 0.334 e. The molecule has 1 aromatic carbocycles. The minimum atomic E-state index is 0. The number of likely N-dealkylation sites (tertiary alicyclic amines) is 1. The summed E-state index contributed by atoms with van der Waals surface area (Å²) in [6.45, 7) is 3.41. The van der Waals surface area contributed by atoms with E-state index >= 15 is 0 Å². The van der Waals surface area contributed by atoms with Gasteiger partial charge in [-0.3, -0.25) is 4.79 Å². The van der Waals surface area contributed by atoms with E-state index in [0.717, 1.165) is 44.6 Å². The Morgan fingerprint density at radius 3 is 2.81 bits per heavy atom. The summed E-state index contributed by atoms with van der Waals surface area (Å²) in [5, 5.41) is 4.23. The number of thiophene rings is 1. The number of aromatic nitrogens is 1. The van der Waals surface area contributed by atoms with Crippen molar-refractivity contribution in [3.8, 4) is 0 Å². The lowest BCUT2D eigenvalue weighted by atomic mass is 10.2. The molecule has 0 bridgehead atoms. The van der Waals surface area contributed by atoms with Gasteiger partial charge in [-0.05, 0) is 37.5 Å². The van der Waals surface area contributed by atoms with Crippen molar-refractivity contribution in [3.05, 3.63) is 40.8 Å². The summed E-state index contributed by atoms with van der Waals surface area (Å²) in [5.41, 5.74) is 8.03. The van der Waals surface area contributed by atoms with E-state index in [1.54, 1.807) is 11.3 Å². The van der Waals surface area contributed by atoms with Crippen LogP contribution in [0, 0.1) is 6.92 Å². The molecule has 1 fully saturated rings. The lowest BCUT2D eigenvalue weighted by molar-refractivity contribution is 0.0746. The van der Waals surface area contributed by atoms with Gasteiger partial charge in [-0.15, -0.1) is 36.2 Å². The van der Waals surface area contributed by atoms with Gasteiger partial charge < -0.3 is 16.0 Å². The Labute approximate surface area is 178 Å². The SMILES string of the molecule is Cc1ccccc1Nc1nc2sc(C(=O)N3CCCC3CN)cc2s1.Cl.Cl. The Kier molecular flexibility index (Phi) is 7.47. The van der Waals surface area contributed by atoms with Crippen LogP contribution in [0.5, 0.6) is 0 Å². The van der Waals surface area contributed by atoms with Crippen molar-refractivity contribution in [2.24, 2.45) is 5.73 Å². The Bertz CT molecular complexity index is 896. The molecule has 27 heavy (non-hydrogen) atoms. The van der Waals surface area contributed by atoms with E-state index in [1.807, 2.05) is 29.2 Å². The zero-order valence-electron chi connectivity index (χ0n) is 14.8.